The van der Waals surface area contributed by atoms with Crippen LogP contribution in [0.1, 0.15) is 52.0 Å². The number of carbonyl (C=O) groups is 1. The highest BCUT2D eigenvalue weighted by Gasteiger charge is 2.36. The molecule has 0 N–H and O–H groups in total. The fraction of sp³-hybridized carbons (Fsp3) is 0.700. The van der Waals surface area contributed by atoms with E-state index in [0.29, 0.717) is 18.4 Å². The molecule has 4 nitrogen and oxygen atoms in total. The van der Waals surface area contributed by atoms with E-state index in [1.807, 2.05) is 0 Å². The molecule has 1 saturated heterocycles. The average molecular weight is 386 g/mol. The molecule has 2 atom stereocenters. The van der Waals surface area contributed by atoms with Crippen LogP contribution in [0, 0.1) is 11.3 Å². The summed E-state index contributed by atoms with van der Waals surface area (Å²) in [4.78, 5) is 18.6. The van der Waals surface area contributed by atoms with Gasteiger partial charge in [-0.15, -0.1) is 0 Å². The number of piperidine rings is 1. The molecule has 0 saturated carbocycles. The van der Waals surface area contributed by atoms with Gasteiger partial charge in [0.05, 0.1) is 5.41 Å². The van der Waals surface area contributed by atoms with E-state index >= 15 is 0 Å². The zero-order valence-electron chi connectivity index (χ0n) is 16.5. The predicted molar refractivity (Wildman–Crippen MR) is 97.6 cm³/mol. The standard InChI is InChI=1S/C20H29F3N2O2/c1-14-12-15(9-11-25(14)4)7-8-17(26)19(2,3)13-27-18-16(20(21,22)23)6-5-10-24-18/h5-6,10,14-15H,7-9,11-13H2,1-4H3/t14-,15+/m1/s1. The Hall–Kier alpha value is -1.63. The van der Waals surface area contributed by atoms with Crippen molar-refractivity contribution in [3.63, 3.8) is 0 Å². The fourth-order valence-electron chi connectivity index (χ4n) is 3.37. The molecule has 0 spiro atoms. The van der Waals surface area contributed by atoms with E-state index in [4.69, 9.17) is 4.74 Å². The van der Waals surface area contributed by atoms with Crippen LogP contribution in [0.25, 0.3) is 0 Å². The molecular formula is C20H29F3N2O2. The van der Waals surface area contributed by atoms with Crippen molar-refractivity contribution >= 4 is 5.78 Å². The maximum Gasteiger partial charge on any atom is 0.421 e. The highest BCUT2D eigenvalue weighted by Crippen LogP contribution is 2.35. The van der Waals surface area contributed by atoms with Crippen molar-refractivity contribution in [2.75, 3.05) is 20.2 Å². The van der Waals surface area contributed by atoms with Crippen LogP contribution >= 0.6 is 0 Å². The van der Waals surface area contributed by atoms with Crippen LogP contribution in [0.3, 0.4) is 0 Å². The van der Waals surface area contributed by atoms with Gasteiger partial charge in [0.2, 0.25) is 5.88 Å². The number of rotatable bonds is 7. The van der Waals surface area contributed by atoms with E-state index in [1.165, 1.54) is 12.3 Å². The third kappa shape index (κ3) is 5.92. The Balaban J connectivity index is 1.90. The van der Waals surface area contributed by atoms with Crippen molar-refractivity contribution in [1.29, 1.82) is 0 Å². The van der Waals surface area contributed by atoms with Crippen molar-refractivity contribution in [2.24, 2.45) is 11.3 Å². The highest BCUT2D eigenvalue weighted by atomic mass is 19.4. The molecule has 0 aromatic carbocycles. The van der Waals surface area contributed by atoms with Crippen LogP contribution in [-0.4, -0.2) is 41.9 Å². The summed E-state index contributed by atoms with van der Waals surface area (Å²) < 4.78 is 44.4. The summed E-state index contributed by atoms with van der Waals surface area (Å²) in [6.45, 7) is 6.52. The molecule has 152 valence electrons. The molecule has 7 heteroatoms. The van der Waals surface area contributed by atoms with Crippen molar-refractivity contribution in [3.05, 3.63) is 23.9 Å². The molecule has 0 bridgehead atoms. The van der Waals surface area contributed by atoms with Gasteiger partial charge in [-0.05, 0) is 71.7 Å². The first-order chi connectivity index (χ1) is 12.5. The van der Waals surface area contributed by atoms with E-state index in [-0.39, 0.29) is 12.4 Å². The monoisotopic (exact) mass is 386 g/mol. The lowest BCUT2D eigenvalue weighted by Crippen LogP contribution is -2.38. The maximum absolute atomic E-state index is 13.0. The number of carbonyl (C=O) groups excluding carboxylic acids is 1. The second kappa shape index (κ2) is 8.59. The lowest BCUT2D eigenvalue weighted by atomic mass is 9.82. The number of halogens is 3. The number of pyridine rings is 1. The van der Waals surface area contributed by atoms with Gasteiger partial charge in [0, 0.05) is 18.7 Å². The summed E-state index contributed by atoms with van der Waals surface area (Å²) in [7, 11) is 2.11. The quantitative estimate of drug-likeness (QED) is 0.688. The third-order valence-corrected chi connectivity index (χ3v) is 5.50. The summed E-state index contributed by atoms with van der Waals surface area (Å²) in [5.74, 6) is 0.0538. The molecule has 0 radical (unpaired) electrons. The average Bonchev–Trinajstić information content (AvgIpc) is 2.60. The topological polar surface area (TPSA) is 42.4 Å². The van der Waals surface area contributed by atoms with E-state index in [1.54, 1.807) is 13.8 Å². The minimum Gasteiger partial charge on any atom is -0.476 e. The van der Waals surface area contributed by atoms with E-state index in [9.17, 15) is 18.0 Å². The van der Waals surface area contributed by atoms with Crippen LogP contribution in [0.5, 0.6) is 5.88 Å². The molecule has 27 heavy (non-hydrogen) atoms. The molecule has 1 aliphatic rings. The van der Waals surface area contributed by atoms with Crippen LogP contribution in [-0.2, 0) is 11.0 Å². The Bertz CT molecular complexity index is 646. The number of hydrogen-bond acceptors (Lipinski definition) is 4. The van der Waals surface area contributed by atoms with E-state index in [0.717, 1.165) is 31.9 Å². The fourth-order valence-corrected chi connectivity index (χ4v) is 3.37. The summed E-state index contributed by atoms with van der Waals surface area (Å²) in [5, 5.41) is 0. The smallest absolute Gasteiger partial charge is 0.421 e. The van der Waals surface area contributed by atoms with Crippen LogP contribution in [0.15, 0.2) is 18.3 Å². The number of likely N-dealkylation sites (tertiary alicyclic amines) is 1. The summed E-state index contributed by atoms with van der Waals surface area (Å²) >= 11 is 0. The zero-order chi connectivity index (χ0) is 20.2. The van der Waals surface area contributed by atoms with E-state index < -0.39 is 23.0 Å². The first-order valence-corrected chi connectivity index (χ1v) is 9.39. The molecule has 0 aliphatic carbocycles. The van der Waals surface area contributed by atoms with Crippen molar-refractivity contribution in [2.45, 2.75) is 58.7 Å². The zero-order valence-corrected chi connectivity index (χ0v) is 16.5. The van der Waals surface area contributed by atoms with Gasteiger partial charge in [-0.2, -0.15) is 13.2 Å². The summed E-state index contributed by atoms with van der Waals surface area (Å²) in [5.41, 5.74) is -1.79. The lowest BCUT2D eigenvalue weighted by molar-refractivity contribution is -0.139. The van der Waals surface area contributed by atoms with Crippen molar-refractivity contribution < 1.29 is 22.7 Å². The molecule has 1 aromatic rings. The lowest BCUT2D eigenvalue weighted by Gasteiger charge is -2.35. The van der Waals surface area contributed by atoms with Crippen molar-refractivity contribution in [1.82, 2.24) is 9.88 Å². The summed E-state index contributed by atoms with van der Waals surface area (Å²) in [6.07, 6.45) is 0.102. The molecular weight excluding hydrogens is 357 g/mol. The number of ketones is 1. The molecule has 1 fully saturated rings. The number of ether oxygens (including phenoxy) is 1. The number of hydrogen-bond donors (Lipinski definition) is 0. The SMILES string of the molecule is C[C@@H]1C[C@@H](CCC(=O)C(C)(C)COc2ncccc2C(F)(F)F)CCN1C. The number of nitrogens with zero attached hydrogens (tertiary/aromatic N) is 2. The normalized spacial score (nSPS) is 21.9. The molecule has 0 unspecified atom stereocenters. The minimum atomic E-state index is -4.54. The first-order valence-electron chi connectivity index (χ1n) is 9.39. The van der Waals surface area contributed by atoms with Gasteiger partial charge >= 0.3 is 6.18 Å². The molecule has 1 aromatic heterocycles. The Labute approximate surface area is 159 Å². The Morgan fingerprint density at radius 3 is 2.70 bits per heavy atom. The largest absolute Gasteiger partial charge is 0.476 e. The molecule has 0 amide bonds. The number of alkyl halides is 3. The second-order valence-electron chi connectivity index (χ2n) is 8.21. The van der Waals surface area contributed by atoms with Gasteiger partial charge in [-0.1, -0.05) is 0 Å². The van der Waals surface area contributed by atoms with Gasteiger partial charge in [0.15, 0.2) is 0 Å². The van der Waals surface area contributed by atoms with Gasteiger partial charge < -0.3 is 9.64 Å². The summed E-state index contributed by atoms with van der Waals surface area (Å²) in [6, 6.07) is 2.66. The highest BCUT2D eigenvalue weighted by molar-refractivity contribution is 5.84. The second-order valence-corrected chi connectivity index (χ2v) is 8.21. The van der Waals surface area contributed by atoms with Crippen LogP contribution in [0.4, 0.5) is 13.2 Å². The van der Waals surface area contributed by atoms with Gasteiger partial charge in [-0.25, -0.2) is 4.98 Å². The first kappa shape index (κ1) is 21.7. The van der Waals surface area contributed by atoms with Gasteiger partial charge in [0.25, 0.3) is 0 Å². The minimum absolute atomic E-state index is 0.0126. The molecule has 1 aliphatic heterocycles. The number of Topliss-reactive ketones (excluding diaryl/α,β-unsaturated/α-hetero) is 1. The van der Waals surface area contributed by atoms with Gasteiger partial charge in [-0.3, -0.25) is 4.79 Å². The molecule has 2 rings (SSSR count). The predicted octanol–water partition coefficient (Wildman–Crippen LogP) is 4.59. The van der Waals surface area contributed by atoms with Crippen LogP contribution < -0.4 is 4.74 Å². The number of aromatic nitrogens is 1. The third-order valence-electron chi connectivity index (χ3n) is 5.50. The van der Waals surface area contributed by atoms with Crippen LogP contribution in [0.2, 0.25) is 0 Å². The van der Waals surface area contributed by atoms with E-state index in [2.05, 4.69) is 23.9 Å². The Kier molecular flexibility index (Phi) is 6.89. The molecule has 2 heterocycles. The maximum atomic E-state index is 13.0. The Morgan fingerprint density at radius 1 is 1.37 bits per heavy atom. The van der Waals surface area contributed by atoms with Gasteiger partial charge in [0.1, 0.15) is 18.0 Å². The van der Waals surface area contributed by atoms with Crippen molar-refractivity contribution in [3.8, 4) is 5.88 Å². The Morgan fingerprint density at radius 2 is 2.07 bits per heavy atom.